The van der Waals surface area contributed by atoms with Crippen molar-refractivity contribution in [2.75, 3.05) is 5.73 Å². The molecule has 0 spiro atoms. The number of nitrogen functional groups attached to an aromatic ring is 1. The van der Waals surface area contributed by atoms with Crippen LogP contribution in [0.15, 0.2) is 45.3 Å². The Morgan fingerprint density at radius 2 is 1.86 bits per heavy atom. The van der Waals surface area contributed by atoms with Crippen LogP contribution in [0.4, 0.5) is 18.9 Å². The monoisotopic (exact) mass is 356 g/mol. The van der Waals surface area contributed by atoms with Crippen molar-refractivity contribution in [3.05, 3.63) is 46.4 Å². The van der Waals surface area contributed by atoms with Gasteiger partial charge in [0.25, 0.3) is 0 Å². The normalized spacial score (nSPS) is 12.0. The first-order valence-electron chi connectivity index (χ1n) is 5.87. The third-order valence-corrected chi connectivity index (χ3v) is 3.37. The van der Waals surface area contributed by atoms with E-state index in [2.05, 4.69) is 20.9 Å². The molecule has 0 radical (unpaired) electrons. The molecular weight excluding hydrogens is 349 g/mol. The van der Waals surface area contributed by atoms with Crippen LogP contribution < -0.4 is 5.73 Å². The molecule has 0 aliphatic rings. The van der Waals surface area contributed by atoms with E-state index in [0.29, 0.717) is 11.1 Å². The van der Waals surface area contributed by atoms with Crippen LogP contribution in [0.2, 0.25) is 0 Å². The van der Waals surface area contributed by atoms with Crippen LogP contribution >= 0.6 is 15.9 Å². The molecular formula is C14H8BrF3N2O. The van der Waals surface area contributed by atoms with E-state index >= 15 is 0 Å². The summed E-state index contributed by atoms with van der Waals surface area (Å²) in [6.07, 6.45) is -4.47. The topological polar surface area (TPSA) is 52.0 Å². The van der Waals surface area contributed by atoms with E-state index in [9.17, 15) is 13.2 Å². The highest BCUT2D eigenvalue weighted by Gasteiger charge is 2.31. The van der Waals surface area contributed by atoms with Crippen molar-refractivity contribution in [1.29, 1.82) is 0 Å². The predicted octanol–water partition coefficient (Wildman–Crippen LogP) is 4.86. The van der Waals surface area contributed by atoms with Crippen molar-refractivity contribution in [2.45, 2.75) is 6.18 Å². The van der Waals surface area contributed by atoms with Crippen molar-refractivity contribution in [3.8, 4) is 11.5 Å². The van der Waals surface area contributed by atoms with Crippen LogP contribution in [0.3, 0.4) is 0 Å². The van der Waals surface area contributed by atoms with Crippen LogP contribution in [0.25, 0.3) is 22.6 Å². The molecule has 21 heavy (non-hydrogen) atoms. The second-order valence-corrected chi connectivity index (χ2v) is 5.39. The number of hydrogen-bond donors (Lipinski definition) is 1. The maximum atomic E-state index is 12.8. The Hall–Kier alpha value is -2.02. The molecule has 0 aliphatic carbocycles. The van der Waals surface area contributed by atoms with Crippen molar-refractivity contribution >= 4 is 32.7 Å². The van der Waals surface area contributed by atoms with Crippen LogP contribution in [0, 0.1) is 0 Å². The third-order valence-electron chi connectivity index (χ3n) is 2.88. The summed E-state index contributed by atoms with van der Waals surface area (Å²) in [5.74, 6) is 0.0981. The lowest BCUT2D eigenvalue weighted by atomic mass is 10.1. The average molecular weight is 357 g/mol. The fourth-order valence-electron chi connectivity index (χ4n) is 1.96. The summed E-state index contributed by atoms with van der Waals surface area (Å²) >= 11 is 3.30. The van der Waals surface area contributed by atoms with Gasteiger partial charge in [0.2, 0.25) is 5.89 Å². The molecule has 0 unspecified atom stereocenters. The number of alkyl halides is 3. The van der Waals surface area contributed by atoms with E-state index < -0.39 is 11.7 Å². The number of benzene rings is 2. The SMILES string of the molecule is Nc1cc(-c2nc3cc(Br)ccc3o2)cc(C(F)(F)F)c1. The number of hydrogen-bond acceptors (Lipinski definition) is 3. The van der Waals surface area contributed by atoms with Crippen molar-refractivity contribution in [2.24, 2.45) is 0 Å². The van der Waals surface area contributed by atoms with Gasteiger partial charge in [-0.1, -0.05) is 15.9 Å². The zero-order valence-corrected chi connectivity index (χ0v) is 12.0. The highest BCUT2D eigenvalue weighted by atomic mass is 79.9. The number of halogens is 4. The Kier molecular flexibility index (Phi) is 3.16. The number of rotatable bonds is 1. The summed E-state index contributed by atoms with van der Waals surface area (Å²) in [7, 11) is 0. The fourth-order valence-corrected chi connectivity index (χ4v) is 2.31. The van der Waals surface area contributed by atoms with Crippen LogP contribution in [-0.4, -0.2) is 4.98 Å². The molecule has 0 bridgehead atoms. The molecule has 3 rings (SSSR count). The highest BCUT2D eigenvalue weighted by molar-refractivity contribution is 9.10. The summed E-state index contributed by atoms with van der Waals surface area (Å²) in [6, 6.07) is 8.41. The molecule has 1 heterocycles. The lowest BCUT2D eigenvalue weighted by Crippen LogP contribution is -2.06. The fraction of sp³-hybridized carbons (Fsp3) is 0.0714. The smallest absolute Gasteiger partial charge is 0.416 e. The molecule has 1 aromatic heterocycles. The van der Waals surface area contributed by atoms with Crippen molar-refractivity contribution < 1.29 is 17.6 Å². The third kappa shape index (κ3) is 2.73. The maximum Gasteiger partial charge on any atom is 0.416 e. The van der Waals surface area contributed by atoms with Gasteiger partial charge in [-0.05, 0) is 36.4 Å². The first kappa shape index (κ1) is 13.9. The number of fused-ring (bicyclic) bond motifs is 1. The summed E-state index contributed by atoms with van der Waals surface area (Å²) in [6.45, 7) is 0. The number of nitrogens with zero attached hydrogens (tertiary/aromatic N) is 1. The van der Waals surface area contributed by atoms with Crippen molar-refractivity contribution in [1.82, 2.24) is 4.98 Å². The zero-order chi connectivity index (χ0) is 15.2. The minimum Gasteiger partial charge on any atom is -0.436 e. The molecule has 0 aliphatic heterocycles. The number of nitrogens with two attached hydrogens (primary N) is 1. The van der Waals surface area contributed by atoms with Gasteiger partial charge in [0.15, 0.2) is 5.58 Å². The molecule has 2 N–H and O–H groups in total. The van der Waals surface area contributed by atoms with E-state index in [1.165, 1.54) is 6.07 Å². The lowest BCUT2D eigenvalue weighted by molar-refractivity contribution is -0.137. The van der Waals surface area contributed by atoms with Gasteiger partial charge in [0.05, 0.1) is 5.56 Å². The van der Waals surface area contributed by atoms with Gasteiger partial charge in [-0.15, -0.1) is 0 Å². The number of anilines is 1. The van der Waals surface area contributed by atoms with Gasteiger partial charge < -0.3 is 10.2 Å². The molecule has 0 amide bonds. The molecule has 0 fully saturated rings. The molecule has 7 heteroatoms. The van der Waals surface area contributed by atoms with E-state index in [0.717, 1.165) is 16.6 Å². The Balaban J connectivity index is 2.16. The standard InChI is InChI=1S/C14H8BrF3N2O/c15-9-1-2-12-11(6-9)20-13(21-12)7-3-8(14(16,17)18)5-10(19)4-7/h1-6H,19H2. The lowest BCUT2D eigenvalue weighted by Gasteiger charge is -2.08. The summed E-state index contributed by atoms with van der Waals surface area (Å²) in [5, 5.41) is 0. The molecule has 3 nitrogen and oxygen atoms in total. The van der Waals surface area contributed by atoms with Crippen molar-refractivity contribution in [3.63, 3.8) is 0 Å². The molecule has 108 valence electrons. The number of aromatic nitrogens is 1. The molecule has 2 aromatic carbocycles. The Labute approximate surface area is 125 Å². The Morgan fingerprint density at radius 3 is 2.57 bits per heavy atom. The molecule has 0 atom stereocenters. The quantitative estimate of drug-likeness (QED) is 0.633. The van der Waals surface area contributed by atoms with Crippen LogP contribution in [-0.2, 0) is 6.18 Å². The first-order valence-corrected chi connectivity index (χ1v) is 6.66. The van der Waals surface area contributed by atoms with Gasteiger partial charge in [-0.2, -0.15) is 13.2 Å². The maximum absolute atomic E-state index is 12.8. The van der Waals surface area contributed by atoms with E-state index in [-0.39, 0.29) is 17.1 Å². The predicted molar refractivity (Wildman–Crippen MR) is 76.6 cm³/mol. The summed E-state index contributed by atoms with van der Waals surface area (Å²) in [5.41, 5.74) is 5.94. The largest absolute Gasteiger partial charge is 0.436 e. The highest BCUT2D eigenvalue weighted by Crippen LogP contribution is 2.35. The minimum atomic E-state index is -4.47. The average Bonchev–Trinajstić information content (AvgIpc) is 2.80. The minimum absolute atomic E-state index is 0.00302. The second kappa shape index (κ2) is 4.77. The zero-order valence-electron chi connectivity index (χ0n) is 10.4. The second-order valence-electron chi connectivity index (χ2n) is 4.47. The summed E-state index contributed by atoms with van der Waals surface area (Å²) in [4.78, 5) is 4.19. The Bertz CT molecular complexity index is 827. The molecule has 0 saturated carbocycles. The number of oxazole rings is 1. The first-order chi connectivity index (χ1) is 9.83. The molecule has 3 aromatic rings. The van der Waals surface area contributed by atoms with Gasteiger partial charge >= 0.3 is 6.18 Å². The van der Waals surface area contributed by atoms with E-state index in [1.807, 2.05) is 0 Å². The van der Waals surface area contributed by atoms with Gasteiger partial charge in [0.1, 0.15) is 5.52 Å². The summed E-state index contributed by atoms with van der Waals surface area (Å²) < 4.78 is 44.7. The van der Waals surface area contributed by atoms with Crippen LogP contribution in [0.5, 0.6) is 0 Å². The van der Waals surface area contributed by atoms with Gasteiger partial charge in [-0.25, -0.2) is 4.98 Å². The molecule has 0 saturated heterocycles. The van der Waals surface area contributed by atoms with Gasteiger partial charge in [-0.3, -0.25) is 0 Å². The van der Waals surface area contributed by atoms with E-state index in [4.69, 9.17) is 10.2 Å². The van der Waals surface area contributed by atoms with E-state index in [1.54, 1.807) is 18.2 Å². The van der Waals surface area contributed by atoms with Gasteiger partial charge in [0, 0.05) is 15.7 Å². The van der Waals surface area contributed by atoms with Crippen LogP contribution in [0.1, 0.15) is 5.56 Å². The Morgan fingerprint density at radius 1 is 1.10 bits per heavy atom.